The van der Waals surface area contributed by atoms with Gasteiger partial charge in [-0.3, -0.25) is 19.8 Å². The van der Waals surface area contributed by atoms with E-state index in [1.807, 2.05) is 0 Å². The average Bonchev–Trinajstić information content (AvgIpc) is 2.88. The van der Waals surface area contributed by atoms with E-state index in [-0.39, 0.29) is 10.6 Å². The Morgan fingerprint density at radius 3 is 2.78 bits per heavy atom. The lowest BCUT2D eigenvalue weighted by molar-refractivity contribution is -0.384. The first kappa shape index (κ1) is 15.9. The number of rotatable bonds is 4. The van der Waals surface area contributed by atoms with Crippen LogP contribution < -0.4 is 4.87 Å². The second kappa shape index (κ2) is 6.64. The van der Waals surface area contributed by atoms with Crippen molar-refractivity contribution in [2.45, 2.75) is 26.3 Å². The Labute approximate surface area is 137 Å². The van der Waals surface area contributed by atoms with E-state index in [4.69, 9.17) is 0 Å². The van der Waals surface area contributed by atoms with Crippen molar-refractivity contribution in [3.8, 4) is 11.3 Å². The van der Waals surface area contributed by atoms with Gasteiger partial charge >= 0.3 is 4.87 Å². The van der Waals surface area contributed by atoms with Crippen molar-refractivity contribution >= 4 is 17.0 Å². The monoisotopic (exact) mass is 333 g/mol. The second-order valence-corrected chi connectivity index (χ2v) is 7.17. The molecule has 1 fully saturated rings. The molecule has 1 aliphatic rings. The fourth-order valence-electron chi connectivity index (χ4n) is 3.09. The Morgan fingerprint density at radius 1 is 1.39 bits per heavy atom. The molecule has 1 N–H and O–H groups in total. The van der Waals surface area contributed by atoms with Crippen LogP contribution in [0.3, 0.4) is 0 Å². The maximum absolute atomic E-state index is 11.8. The summed E-state index contributed by atoms with van der Waals surface area (Å²) in [7, 11) is 0. The van der Waals surface area contributed by atoms with E-state index in [0.717, 1.165) is 35.8 Å². The summed E-state index contributed by atoms with van der Waals surface area (Å²) in [5.74, 6) is 0.683. The summed E-state index contributed by atoms with van der Waals surface area (Å²) >= 11 is 1.23. The number of nitro groups is 1. The van der Waals surface area contributed by atoms with Gasteiger partial charge in [-0.05, 0) is 43.0 Å². The van der Waals surface area contributed by atoms with Crippen LogP contribution >= 0.6 is 11.3 Å². The molecule has 2 heterocycles. The quantitative estimate of drug-likeness (QED) is 0.688. The molecule has 0 saturated carbocycles. The van der Waals surface area contributed by atoms with E-state index in [2.05, 4.69) is 16.8 Å². The number of nitro benzene ring substituents is 1. The number of aromatic nitrogens is 1. The topological polar surface area (TPSA) is 79.2 Å². The third kappa shape index (κ3) is 3.68. The van der Waals surface area contributed by atoms with Crippen molar-refractivity contribution in [1.82, 2.24) is 9.88 Å². The number of H-pyrrole nitrogens is 1. The molecule has 6 nitrogen and oxygen atoms in total. The highest BCUT2D eigenvalue weighted by Gasteiger charge is 2.19. The molecule has 0 aliphatic carbocycles. The summed E-state index contributed by atoms with van der Waals surface area (Å²) in [5, 5.41) is 10.8. The number of hydrogen-bond acceptors (Lipinski definition) is 5. The number of benzene rings is 1. The Balaban J connectivity index is 1.85. The summed E-state index contributed by atoms with van der Waals surface area (Å²) in [6.45, 7) is 5.10. The minimum absolute atomic E-state index is 0.0535. The van der Waals surface area contributed by atoms with Gasteiger partial charge in [0.2, 0.25) is 0 Å². The molecule has 23 heavy (non-hydrogen) atoms. The molecule has 1 aromatic carbocycles. The first-order valence-electron chi connectivity index (χ1n) is 7.72. The Hall–Kier alpha value is -1.99. The molecule has 0 radical (unpaired) electrons. The number of hydrogen-bond donors (Lipinski definition) is 1. The normalized spacial score (nSPS) is 18.9. The predicted octanol–water partition coefficient (Wildman–Crippen LogP) is 3.24. The molecular formula is C16H19N3O3S. The summed E-state index contributed by atoms with van der Waals surface area (Å²) in [6, 6.07) is 6.33. The standard InChI is InChI=1S/C16H19N3O3S/c1-11-3-2-8-18(9-11)10-14-15(17-16(20)23-14)12-4-6-13(7-5-12)19(21)22/h4-7,11H,2-3,8-10H2,1H3,(H,17,20). The van der Waals surface area contributed by atoms with E-state index in [9.17, 15) is 14.9 Å². The third-order valence-electron chi connectivity index (χ3n) is 4.20. The molecule has 0 amide bonds. The lowest BCUT2D eigenvalue weighted by atomic mass is 10.00. The number of aromatic amines is 1. The van der Waals surface area contributed by atoms with Gasteiger partial charge in [-0.2, -0.15) is 0 Å². The highest BCUT2D eigenvalue weighted by molar-refractivity contribution is 7.09. The molecular weight excluding hydrogens is 314 g/mol. The van der Waals surface area contributed by atoms with Crippen molar-refractivity contribution in [1.29, 1.82) is 0 Å². The molecule has 3 rings (SSSR count). The van der Waals surface area contributed by atoms with Gasteiger partial charge in [-0.25, -0.2) is 0 Å². The molecule has 1 aromatic heterocycles. The molecule has 7 heteroatoms. The first-order valence-corrected chi connectivity index (χ1v) is 8.54. The summed E-state index contributed by atoms with van der Waals surface area (Å²) in [5.41, 5.74) is 1.65. The van der Waals surface area contributed by atoms with Gasteiger partial charge in [0.05, 0.1) is 10.6 Å². The van der Waals surface area contributed by atoms with Gasteiger partial charge in [-0.15, -0.1) is 0 Å². The number of thiazole rings is 1. The van der Waals surface area contributed by atoms with Gasteiger partial charge in [0.15, 0.2) is 0 Å². The molecule has 1 aliphatic heterocycles. The Kier molecular flexibility index (Phi) is 4.58. The number of nitrogens with zero attached hydrogens (tertiary/aromatic N) is 2. The van der Waals surface area contributed by atoms with E-state index < -0.39 is 4.92 Å². The van der Waals surface area contributed by atoms with Crippen molar-refractivity contribution < 1.29 is 4.92 Å². The highest BCUT2D eigenvalue weighted by Crippen LogP contribution is 2.27. The van der Waals surface area contributed by atoms with Gasteiger partial charge in [-0.1, -0.05) is 18.3 Å². The fraction of sp³-hybridized carbons (Fsp3) is 0.438. The average molecular weight is 333 g/mol. The summed E-state index contributed by atoms with van der Waals surface area (Å²) in [4.78, 5) is 28.3. The maximum Gasteiger partial charge on any atom is 0.305 e. The van der Waals surface area contributed by atoms with Crippen LogP contribution in [0.5, 0.6) is 0 Å². The van der Waals surface area contributed by atoms with Crippen LogP contribution in [0.1, 0.15) is 24.6 Å². The Morgan fingerprint density at radius 2 is 2.13 bits per heavy atom. The minimum atomic E-state index is -0.420. The molecule has 0 bridgehead atoms. The van der Waals surface area contributed by atoms with Crippen LogP contribution in [-0.4, -0.2) is 27.9 Å². The van der Waals surface area contributed by atoms with Gasteiger partial charge in [0.25, 0.3) is 5.69 Å². The SMILES string of the molecule is CC1CCCN(Cc2sc(=O)[nH]c2-c2ccc([N+](=O)[O-])cc2)C1. The van der Waals surface area contributed by atoms with E-state index >= 15 is 0 Å². The van der Waals surface area contributed by atoms with Gasteiger partial charge in [0.1, 0.15) is 0 Å². The zero-order valence-electron chi connectivity index (χ0n) is 12.9. The maximum atomic E-state index is 11.8. The van der Waals surface area contributed by atoms with Crippen molar-refractivity contribution in [3.63, 3.8) is 0 Å². The molecule has 1 atom stereocenters. The van der Waals surface area contributed by atoms with Crippen molar-refractivity contribution in [3.05, 3.63) is 48.9 Å². The highest BCUT2D eigenvalue weighted by atomic mass is 32.1. The van der Waals surface area contributed by atoms with E-state index in [0.29, 0.717) is 5.92 Å². The van der Waals surface area contributed by atoms with Crippen LogP contribution in [0.2, 0.25) is 0 Å². The number of likely N-dealkylation sites (tertiary alicyclic amines) is 1. The summed E-state index contributed by atoms with van der Waals surface area (Å²) < 4.78 is 0. The van der Waals surface area contributed by atoms with E-state index in [1.165, 1.54) is 36.3 Å². The molecule has 0 spiro atoms. The molecule has 122 valence electrons. The first-order chi connectivity index (χ1) is 11.0. The van der Waals surface area contributed by atoms with Crippen molar-refractivity contribution in [2.75, 3.05) is 13.1 Å². The smallest absolute Gasteiger partial charge is 0.305 e. The van der Waals surface area contributed by atoms with Crippen LogP contribution in [0.15, 0.2) is 29.1 Å². The summed E-state index contributed by atoms with van der Waals surface area (Å²) in [6.07, 6.45) is 2.45. The fourth-order valence-corrected chi connectivity index (χ4v) is 3.98. The number of piperidine rings is 1. The zero-order valence-corrected chi connectivity index (χ0v) is 13.8. The minimum Gasteiger partial charge on any atom is -0.312 e. The van der Waals surface area contributed by atoms with Crippen LogP contribution in [0.4, 0.5) is 5.69 Å². The number of nitrogens with one attached hydrogen (secondary N) is 1. The third-order valence-corrected chi connectivity index (χ3v) is 5.06. The zero-order chi connectivity index (χ0) is 16.4. The van der Waals surface area contributed by atoms with Gasteiger partial charge < -0.3 is 4.98 Å². The predicted molar refractivity (Wildman–Crippen MR) is 90.7 cm³/mol. The van der Waals surface area contributed by atoms with Crippen LogP contribution in [0.25, 0.3) is 11.3 Å². The second-order valence-electron chi connectivity index (χ2n) is 6.10. The lowest BCUT2D eigenvalue weighted by Crippen LogP contribution is -2.33. The lowest BCUT2D eigenvalue weighted by Gasteiger charge is -2.30. The van der Waals surface area contributed by atoms with Crippen molar-refractivity contribution in [2.24, 2.45) is 5.92 Å². The Bertz CT molecular complexity index is 751. The molecule has 1 unspecified atom stereocenters. The van der Waals surface area contributed by atoms with Gasteiger partial charge in [0, 0.05) is 30.1 Å². The molecule has 2 aromatic rings. The molecule has 1 saturated heterocycles. The van der Waals surface area contributed by atoms with Crippen LogP contribution in [0, 0.1) is 16.0 Å². The number of non-ortho nitro benzene ring substituents is 1. The van der Waals surface area contributed by atoms with Crippen LogP contribution in [-0.2, 0) is 6.54 Å². The van der Waals surface area contributed by atoms with E-state index in [1.54, 1.807) is 12.1 Å². The largest absolute Gasteiger partial charge is 0.312 e.